The number of rotatable bonds is 2. The lowest BCUT2D eigenvalue weighted by molar-refractivity contribution is 0.379. The summed E-state index contributed by atoms with van der Waals surface area (Å²) >= 11 is 0. The molecule has 1 fully saturated rings. The van der Waals surface area contributed by atoms with Crippen molar-refractivity contribution < 1.29 is 4.74 Å². The highest BCUT2D eigenvalue weighted by Gasteiger charge is 2.22. The van der Waals surface area contributed by atoms with Crippen molar-refractivity contribution in [3.8, 4) is 0 Å². The molecule has 0 amide bonds. The molecule has 0 radical (unpaired) electrons. The van der Waals surface area contributed by atoms with Gasteiger partial charge in [0.2, 0.25) is 0 Å². The Kier molecular flexibility index (Phi) is 1.69. The minimum absolute atomic E-state index is 0.00185. The van der Waals surface area contributed by atoms with Crippen LogP contribution < -0.4 is 5.56 Å². The van der Waals surface area contributed by atoms with E-state index in [-0.39, 0.29) is 11.7 Å². The lowest BCUT2D eigenvalue weighted by Crippen LogP contribution is -2.22. The molecule has 4 nitrogen and oxygen atoms in total. The fourth-order valence-electron chi connectivity index (χ4n) is 1.05. The summed E-state index contributed by atoms with van der Waals surface area (Å²) in [5, 5.41) is 0. The van der Waals surface area contributed by atoms with Crippen LogP contribution in [0.15, 0.2) is 17.2 Å². The van der Waals surface area contributed by atoms with Crippen LogP contribution in [-0.4, -0.2) is 22.3 Å². The zero-order chi connectivity index (χ0) is 8.55. The standard InChI is InChI=1S/C8H10N2O2/c1-6-2-8(11)10(5-9-6)3-7-4-12-7/h2,5,7H,3-4H2,1H3. The minimum atomic E-state index is -0.00185. The molecule has 1 aliphatic rings. The van der Waals surface area contributed by atoms with E-state index in [1.165, 1.54) is 6.07 Å². The topological polar surface area (TPSA) is 47.4 Å². The maximum Gasteiger partial charge on any atom is 0.253 e. The molecule has 2 rings (SSSR count). The van der Waals surface area contributed by atoms with Gasteiger partial charge in [-0.15, -0.1) is 0 Å². The SMILES string of the molecule is Cc1cc(=O)n(CC2CO2)cn1. The Bertz CT molecular complexity index is 341. The van der Waals surface area contributed by atoms with Crippen LogP contribution >= 0.6 is 0 Å². The zero-order valence-electron chi connectivity index (χ0n) is 6.86. The van der Waals surface area contributed by atoms with Gasteiger partial charge in [-0.2, -0.15) is 0 Å². The largest absolute Gasteiger partial charge is 0.371 e. The van der Waals surface area contributed by atoms with Gasteiger partial charge in [-0.25, -0.2) is 4.98 Å². The second kappa shape index (κ2) is 2.71. The Hall–Kier alpha value is -1.16. The fraction of sp³-hybridized carbons (Fsp3) is 0.500. The summed E-state index contributed by atoms with van der Waals surface area (Å²) in [6.45, 7) is 3.20. The first-order valence-electron chi connectivity index (χ1n) is 3.90. The molecule has 1 aromatic heterocycles. The van der Waals surface area contributed by atoms with E-state index in [1.54, 1.807) is 17.8 Å². The van der Waals surface area contributed by atoms with Gasteiger partial charge < -0.3 is 4.74 Å². The first-order valence-corrected chi connectivity index (χ1v) is 3.90. The van der Waals surface area contributed by atoms with Gasteiger partial charge in [0.1, 0.15) is 0 Å². The lowest BCUT2D eigenvalue weighted by atomic mass is 10.4. The van der Waals surface area contributed by atoms with E-state index in [4.69, 9.17) is 4.74 Å². The molecule has 1 aliphatic heterocycles. The van der Waals surface area contributed by atoms with Crippen molar-refractivity contribution in [3.63, 3.8) is 0 Å². The highest BCUT2D eigenvalue weighted by molar-refractivity contribution is 4.96. The van der Waals surface area contributed by atoms with Crippen LogP contribution in [0.5, 0.6) is 0 Å². The third kappa shape index (κ3) is 1.53. The van der Waals surface area contributed by atoms with Gasteiger partial charge in [0.05, 0.1) is 25.6 Å². The van der Waals surface area contributed by atoms with Crippen LogP contribution in [0.3, 0.4) is 0 Å². The molecule has 0 aromatic carbocycles. The van der Waals surface area contributed by atoms with Crippen LogP contribution in [-0.2, 0) is 11.3 Å². The molecular weight excluding hydrogens is 156 g/mol. The summed E-state index contributed by atoms with van der Waals surface area (Å²) in [6, 6.07) is 1.53. The van der Waals surface area contributed by atoms with Crippen molar-refractivity contribution in [1.82, 2.24) is 9.55 Å². The zero-order valence-corrected chi connectivity index (χ0v) is 6.86. The van der Waals surface area contributed by atoms with Crippen LogP contribution in [0.4, 0.5) is 0 Å². The van der Waals surface area contributed by atoms with E-state index in [0.29, 0.717) is 6.54 Å². The number of ether oxygens (including phenoxy) is 1. The van der Waals surface area contributed by atoms with Crippen molar-refractivity contribution >= 4 is 0 Å². The highest BCUT2D eigenvalue weighted by atomic mass is 16.6. The van der Waals surface area contributed by atoms with Crippen LogP contribution in [0.25, 0.3) is 0 Å². The van der Waals surface area contributed by atoms with Crippen LogP contribution in [0, 0.1) is 6.92 Å². The molecular formula is C8H10N2O2. The first kappa shape index (κ1) is 7.49. The summed E-state index contributed by atoms with van der Waals surface area (Å²) in [4.78, 5) is 15.3. The van der Waals surface area contributed by atoms with Crippen molar-refractivity contribution in [1.29, 1.82) is 0 Å². The van der Waals surface area contributed by atoms with Crippen LogP contribution in [0.2, 0.25) is 0 Å². The second-order valence-electron chi connectivity index (χ2n) is 2.98. The van der Waals surface area contributed by atoms with E-state index in [9.17, 15) is 4.79 Å². The van der Waals surface area contributed by atoms with Gasteiger partial charge in [-0.05, 0) is 6.92 Å². The Labute approximate surface area is 69.8 Å². The number of epoxide rings is 1. The smallest absolute Gasteiger partial charge is 0.253 e. The quantitative estimate of drug-likeness (QED) is 0.579. The summed E-state index contributed by atoms with van der Waals surface area (Å²) < 4.78 is 6.58. The molecule has 0 aliphatic carbocycles. The molecule has 0 N–H and O–H groups in total. The average molecular weight is 166 g/mol. The summed E-state index contributed by atoms with van der Waals surface area (Å²) in [6.07, 6.45) is 1.80. The molecule has 64 valence electrons. The number of hydrogen-bond donors (Lipinski definition) is 0. The molecule has 1 atom stereocenters. The maximum absolute atomic E-state index is 11.3. The van der Waals surface area contributed by atoms with Gasteiger partial charge in [-0.3, -0.25) is 9.36 Å². The first-order chi connectivity index (χ1) is 5.75. The predicted molar refractivity (Wildman–Crippen MR) is 43.0 cm³/mol. The van der Waals surface area contributed by atoms with Crippen molar-refractivity contribution in [2.45, 2.75) is 19.6 Å². The van der Waals surface area contributed by atoms with Crippen LogP contribution in [0.1, 0.15) is 5.69 Å². The number of nitrogens with zero attached hydrogens (tertiary/aromatic N) is 2. The molecule has 0 spiro atoms. The molecule has 1 saturated heterocycles. The Morgan fingerprint density at radius 1 is 1.83 bits per heavy atom. The molecule has 1 unspecified atom stereocenters. The van der Waals surface area contributed by atoms with E-state index < -0.39 is 0 Å². The van der Waals surface area contributed by atoms with Gasteiger partial charge >= 0.3 is 0 Å². The number of aryl methyl sites for hydroxylation is 1. The third-order valence-corrected chi connectivity index (χ3v) is 1.82. The number of hydrogen-bond acceptors (Lipinski definition) is 3. The molecule has 0 saturated carbocycles. The van der Waals surface area contributed by atoms with Crippen molar-refractivity contribution in [2.75, 3.05) is 6.61 Å². The summed E-state index contributed by atoms with van der Waals surface area (Å²) in [5.41, 5.74) is 0.756. The fourth-order valence-corrected chi connectivity index (χ4v) is 1.05. The summed E-state index contributed by atoms with van der Waals surface area (Å²) in [5.74, 6) is 0. The molecule has 12 heavy (non-hydrogen) atoms. The van der Waals surface area contributed by atoms with E-state index in [1.807, 2.05) is 0 Å². The Morgan fingerprint density at radius 2 is 2.58 bits per heavy atom. The monoisotopic (exact) mass is 166 g/mol. The van der Waals surface area contributed by atoms with Crippen molar-refractivity contribution in [3.05, 3.63) is 28.4 Å². The lowest BCUT2D eigenvalue weighted by Gasteiger charge is -2.00. The Morgan fingerprint density at radius 3 is 3.17 bits per heavy atom. The van der Waals surface area contributed by atoms with E-state index in [2.05, 4.69) is 4.98 Å². The Balaban J connectivity index is 2.24. The van der Waals surface area contributed by atoms with Crippen molar-refractivity contribution in [2.24, 2.45) is 0 Å². The van der Waals surface area contributed by atoms with Gasteiger partial charge in [-0.1, -0.05) is 0 Å². The van der Waals surface area contributed by atoms with E-state index in [0.717, 1.165) is 12.3 Å². The highest BCUT2D eigenvalue weighted by Crippen LogP contribution is 2.09. The molecule has 1 aromatic rings. The molecule has 4 heteroatoms. The second-order valence-corrected chi connectivity index (χ2v) is 2.98. The normalized spacial score (nSPS) is 20.9. The number of aromatic nitrogens is 2. The summed E-state index contributed by atoms with van der Waals surface area (Å²) in [7, 11) is 0. The van der Waals surface area contributed by atoms with Gasteiger partial charge in [0.25, 0.3) is 5.56 Å². The molecule has 0 bridgehead atoms. The molecule has 2 heterocycles. The van der Waals surface area contributed by atoms with Gasteiger partial charge in [0.15, 0.2) is 0 Å². The third-order valence-electron chi connectivity index (χ3n) is 1.82. The van der Waals surface area contributed by atoms with E-state index >= 15 is 0 Å². The minimum Gasteiger partial charge on any atom is -0.371 e. The maximum atomic E-state index is 11.3. The van der Waals surface area contributed by atoms with Gasteiger partial charge in [0, 0.05) is 11.8 Å². The predicted octanol–water partition coefficient (Wildman–Crippen LogP) is -0.0495. The average Bonchev–Trinajstić information content (AvgIpc) is 2.79.